The summed E-state index contributed by atoms with van der Waals surface area (Å²) in [6.45, 7) is 1.76. The van der Waals surface area contributed by atoms with Gasteiger partial charge in [-0.2, -0.15) is 0 Å². The van der Waals surface area contributed by atoms with Crippen LogP contribution in [0.15, 0.2) is 12.1 Å². The number of nitrogens with one attached hydrogen (secondary N) is 2. The van der Waals surface area contributed by atoms with E-state index in [0.717, 1.165) is 38.1 Å². The lowest BCUT2D eigenvalue weighted by atomic mass is 10.1. The van der Waals surface area contributed by atoms with Gasteiger partial charge in [-0.05, 0) is 25.9 Å². The number of rotatable bonds is 2. The average molecular weight is 230 g/mol. The summed E-state index contributed by atoms with van der Waals surface area (Å²) < 4.78 is 38.6. The summed E-state index contributed by atoms with van der Waals surface area (Å²) in [4.78, 5) is 0. The zero-order valence-electron chi connectivity index (χ0n) is 8.69. The molecule has 5 heteroatoms. The molecule has 1 heterocycles. The maximum atomic E-state index is 12.9. The first kappa shape index (κ1) is 11.3. The highest BCUT2D eigenvalue weighted by Gasteiger charge is 2.15. The minimum Gasteiger partial charge on any atom is -0.382 e. The molecule has 0 atom stereocenters. The summed E-state index contributed by atoms with van der Waals surface area (Å²) in [6.07, 6.45) is 1.78. The van der Waals surface area contributed by atoms with Gasteiger partial charge in [0.05, 0.1) is 0 Å². The summed E-state index contributed by atoms with van der Waals surface area (Å²) in [6, 6.07) is 2.16. The SMILES string of the molecule is Fc1cc(NC2CCNCC2)cc(F)c1F. The Bertz CT molecular complexity index is 352. The fourth-order valence-corrected chi connectivity index (χ4v) is 1.84. The molecule has 88 valence electrons. The van der Waals surface area contributed by atoms with E-state index < -0.39 is 17.5 Å². The Morgan fingerprint density at radius 3 is 2.19 bits per heavy atom. The highest BCUT2D eigenvalue weighted by atomic mass is 19.2. The number of piperidine rings is 1. The molecule has 2 rings (SSSR count). The number of benzene rings is 1. The highest BCUT2D eigenvalue weighted by Crippen LogP contribution is 2.19. The molecule has 0 aromatic heterocycles. The van der Waals surface area contributed by atoms with Crippen molar-refractivity contribution in [1.82, 2.24) is 5.32 Å². The van der Waals surface area contributed by atoms with Crippen molar-refractivity contribution in [2.75, 3.05) is 18.4 Å². The number of hydrogen-bond donors (Lipinski definition) is 2. The highest BCUT2D eigenvalue weighted by molar-refractivity contribution is 5.45. The molecule has 0 saturated carbocycles. The van der Waals surface area contributed by atoms with Crippen LogP contribution in [0.4, 0.5) is 18.9 Å². The minimum absolute atomic E-state index is 0.186. The van der Waals surface area contributed by atoms with Crippen LogP contribution in [0.1, 0.15) is 12.8 Å². The van der Waals surface area contributed by atoms with Crippen LogP contribution in [0.2, 0.25) is 0 Å². The Hall–Kier alpha value is -1.23. The number of halogens is 3. The zero-order valence-corrected chi connectivity index (χ0v) is 8.69. The van der Waals surface area contributed by atoms with E-state index in [1.54, 1.807) is 0 Å². The first-order valence-corrected chi connectivity index (χ1v) is 5.28. The Morgan fingerprint density at radius 1 is 1.06 bits per heavy atom. The van der Waals surface area contributed by atoms with Gasteiger partial charge in [-0.3, -0.25) is 0 Å². The van der Waals surface area contributed by atoms with Crippen molar-refractivity contribution in [2.45, 2.75) is 18.9 Å². The van der Waals surface area contributed by atoms with Crippen molar-refractivity contribution in [3.05, 3.63) is 29.6 Å². The monoisotopic (exact) mass is 230 g/mol. The molecule has 0 unspecified atom stereocenters. The summed E-state index contributed by atoms with van der Waals surface area (Å²) >= 11 is 0. The third kappa shape index (κ3) is 2.47. The van der Waals surface area contributed by atoms with E-state index in [1.807, 2.05) is 0 Å². The molecule has 0 aliphatic carbocycles. The molecule has 1 aromatic carbocycles. The molecular weight excluding hydrogens is 217 g/mol. The van der Waals surface area contributed by atoms with Crippen LogP contribution < -0.4 is 10.6 Å². The van der Waals surface area contributed by atoms with E-state index in [-0.39, 0.29) is 6.04 Å². The van der Waals surface area contributed by atoms with Crippen LogP contribution in [0.3, 0.4) is 0 Å². The Morgan fingerprint density at radius 2 is 1.62 bits per heavy atom. The second kappa shape index (κ2) is 4.74. The van der Waals surface area contributed by atoms with Crippen molar-refractivity contribution in [3.8, 4) is 0 Å². The van der Waals surface area contributed by atoms with E-state index in [1.165, 1.54) is 0 Å². The maximum Gasteiger partial charge on any atom is 0.194 e. The standard InChI is InChI=1S/C11H13F3N2/c12-9-5-8(6-10(13)11(9)14)16-7-1-3-15-4-2-7/h5-7,15-16H,1-4H2. The van der Waals surface area contributed by atoms with Crippen molar-refractivity contribution in [1.29, 1.82) is 0 Å². The molecular formula is C11H13F3N2. The topological polar surface area (TPSA) is 24.1 Å². The van der Waals surface area contributed by atoms with Crippen molar-refractivity contribution in [3.63, 3.8) is 0 Å². The summed E-state index contributed by atoms with van der Waals surface area (Å²) in [7, 11) is 0. The van der Waals surface area contributed by atoms with Gasteiger partial charge >= 0.3 is 0 Å². The largest absolute Gasteiger partial charge is 0.382 e. The van der Waals surface area contributed by atoms with Crippen LogP contribution in [0.25, 0.3) is 0 Å². The van der Waals surface area contributed by atoms with Crippen LogP contribution in [0, 0.1) is 17.5 Å². The van der Waals surface area contributed by atoms with Crippen LogP contribution in [0.5, 0.6) is 0 Å². The maximum absolute atomic E-state index is 12.9. The number of hydrogen-bond acceptors (Lipinski definition) is 2. The lowest BCUT2D eigenvalue weighted by molar-refractivity contribution is 0.446. The van der Waals surface area contributed by atoms with Crippen molar-refractivity contribution < 1.29 is 13.2 Å². The lowest BCUT2D eigenvalue weighted by Crippen LogP contribution is -2.35. The van der Waals surface area contributed by atoms with Crippen LogP contribution in [-0.2, 0) is 0 Å². The quantitative estimate of drug-likeness (QED) is 0.761. The molecule has 1 fully saturated rings. The first-order valence-electron chi connectivity index (χ1n) is 5.28. The first-order chi connectivity index (χ1) is 7.66. The molecule has 1 aromatic rings. The Balaban J connectivity index is 2.09. The Kier molecular flexibility index (Phi) is 3.33. The molecule has 1 aliphatic rings. The predicted molar refractivity (Wildman–Crippen MR) is 55.8 cm³/mol. The zero-order chi connectivity index (χ0) is 11.5. The third-order valence-corrected chi connectivity index (χ3v) is 2.69. The second-order valence-corrected chi connectivity index (χ2v) is 3.92. The van der Waals surface area contributed by atoms with E-state index in [0.29, 0.717) is 5.69 Å². The summed E-state index contributed by atoms with van der Waals surface area (Å²) in [5.41, 5.74) is 0.295. The molecule has 1 aliphatic heterocycles. The van der Waals surface area contributed by atoms with Crippen LogP contribution in [-0.4, -0.2) is 19.1 Å². The average Bonchev–Trinajstić information content (AvgIpc) is 2.27. The summed E-state index contributed by atoms with van der Waals surface area (Å²) in [5, 5.41) is 6.19. The molecule has 0 radical (unpaired) electrons. The number of anilines is 1. The molecule has 2 nitrogen and oxygen atoms in total. The fraction of sp³-hybridized carbons (Fsp3) is 0.455. The van der Waals surface area contributed by atoms with Gasteiger partial charge in [0.25, 0.3) is 0 Å². The predicted octanol–water partition coefficient (Wildman–Crippen LogP) is 2.27. The molecule has 0 spiro atoms. The van der Waals surface area contributed by atoms with E-state index >= 15 is 0 Å². The smallest absolute Gasteiger partial charge is 0.194 e. The normalized spacial score (nSPS) is 17.4. The third-order valence-electron chi connectivity index (χ3n) is 2.69. The van der Waals surface area contributed by atoms with E-state index in [2.05, 4.69) is 10.6 Å². The molecule has 16 heavy (non-hydrogen) atoms. The van der Waals surface area contributed by atoms with E-state index in [9.17, 15) is 13.2 Å². The van der Waals surface area contributed by atoms with Gasteiger partial charge in [0.15, 0.2) is 17.5 Å². The van der Waals surface area contributed by atoms with Gasteiger partial charge in [-0.15, -0.1) is 0 Å². The Labute approximate surface area is 91.8 Å². The molecule has 1 saturated heterocycles. The van der Waals surface area contributed by atoms with Crippen molar-refractivity contribution >= 4 is 5.69 Å². The van der Waals surface area contributed by atoms with Gasteiger partial charge in [-0.1, -0.05) is 0 Å². The van der Waals surface area contributed by atoms with Gasteiger partial charge < -0.3 is 10.6 Å². The fourth-order valence-electron chi connectivity index (χ4n) is 1.84. The minimum atomic E-state index is -1.42. The van der Waals surface area contributed by atoms with Crippen molar-refractivity contribution in [2.24, 2.45) is 0 Å². The molecule has 0 amide bonds. The second-order valence-electron chi connectivity index (χ2n) is 3.92. The molecule has 2 N–H and O–H groups in total. The molecule has 0 bridgehead atoms. The lowest BCUT2D eigenvalue weighted by Gasteiger charge is -2.24. The van der Waals surface area contributed by atoms with Gasteiger partial charge in [0, 0.05) is 23.9 Å². The van der Waals surface area contributed by atoms with E-state index in [4.69, 9.17) is 0 Å². The van der Waals surface area contributed by atoms with Gasteiger partial charge in [0.1, 0.15) is 0 Å². The van der Waals surface area contributed by atoms with Crippen LogP contribution >= 0.6 is 0 Å². The summed E-state index contributed by atoms with van der Waals surface area (Å²) in [5.74, 6) is -3.73. The van der Waals surface area contributed by atoms with Gasteiger partial charge in [0.2, 0.25) is 0 Å². The van der Waals surface area contributed by atoms with Gasteiger partial charge in [-0.25, -0.2) is 13.2 Å².